The van der Waals surface area contributed by atoms with Crippen molar-refractivity contribution in [1.29, 1.82) is 0 Å². The summed E-state index contributed by atoms with van der Waals surface area (Å²) in [5, 5.41) is 1.14. The van der Waals surface area contributed by atoms with Gasteiger partial charge in [0.25, 0.3) is 5.91 Å². The number of thioether (sulfide) groups is 1. The summed E-state index contributed by atoms with van der Waals surface area (Å²) in [6.45, 7) is 1.06. The highest BCUT2D eigenvalue weighted by atomic mass is 32.2. The second-order valence-corrected chi connectivity index (χ2v) is 7.73. The topological polar surface area (TPSA) is 49.6 Å². The number of thiophene rings is 1. The molecule has 2 N–H and O–H groups in total. The zero-order chi connectivity index (χ0) is 15.6. The van der Waals surface area contributed by atoms with Gasteiger partial charge in [0, 0.05) is 27.7 Å². The number of carbonyl (C=O) groups excluding carboxylic acids is 1. The van der Waals surface area contributed by atoms with E-state index in [1.807, 2.05) is 6.26 Å². The Morgan fingerprint density at radius 1 is 1.33 bits per heavy atom. The van der Waals surface area contributed by atoms with Crippen molar-refractivity contribution in [3.05, 3.63) is 4.88 Å². The number of nitrogen functional groups attached to an aromatic ring is 1. The molecule has 0 aromatic carbocycles. The molecule has 1 amide bonds. The van der Waals surface area contributed by atoms with Gasteiger partial charge in [0.05, 0.1) is 10.6 Å². The van der Waals surface area contributed by atoms with Gasteiger partial charge < -0.3 is 15.5 Å². The maximum absolute atomic E-state index is 12.2. The molecule has 21 heavy (non-hydrogen) atoms. The molecule has 1 aromatic heterocycles. The standard InChI is InChI=1S/C15H25N3OS2/c1-17(2)14(19)12-11(16)13(20-4)15(21-12)18(3)9-10-7-5-6-8-10/h10H,5-9,16H2,1-4H3. The molecule has 1 aromatic rings. The average Bonchev–Trinajstić information content (AvgIpc) is 3.05. The Bertz CT molecular complexity index is 507. The van der Waals surface area contributed by atoms with E-state index >= 15 is 0 Å². The minimum atomic E-state index is -0.00619. The van der Waals surface area contributed by atoms with Crippen LogP contribution in [0.15, 0.2) is 4.90 Å². The fourth-order valence-corrected chi connectivity index (χ4v) is 5.09. The predicted octanol–water partition coefficient (Wildman–Crippen LogP) is 3.38. The first-order chi connectivity index (χ1) is 9.95. The van der Waals surface area contributed by atoms with Crippen molar-refractivity contribution in [2.24, 2.45) is 5.92 Å². The Hall–Kier alpha value is -0.880. The first-order valence-corrected chi connectivity index (χ1v) is 9.38. The van der Waals surface area contributed by atoms with Crippen LogP contribution in [-0.4, -0.2) is 44.8 Å². The number of nitrogens with two attached hydrogens (primary N) is 1. The van der Waals surface area contributed by atoms with Crippen LogP contribution in [0, 0.1) is 5.92 Å². The van der Waals surface area contributed by atoms with Crippen molar-refractivity contribution in [2.75, 3.05) is 44.6 Å². The van der Waals surface area contributed by atoms with Gasteiger partial charge in [0.15, 0.2) is 0 Å². The number of rotatable bonds is 5. The lowest BCUT2D eigenvalue weighted by molar-refractivity contribution is 0.0833. The second-order valence-electron chi connectivity index (χ2n) is 5.91. The van der Waals surface area contributed by atoms with Gasteiger partial charge in [-0.25, -0.2) is 0 Å². The monoisotopic (exact) mass is 327 g/mol. The zero-order valence-corrected chi connectivity index (χ0v) is 14.9. The SMILES string of the molecule is CSc1c(N(C)CC2CCCC2)sc(C(=O)N(C)C)c1N. The highest BCUT2D eigenvalue weighted by Crippen LogP contribution is 2.44. The zero-order valence-electron chi connectivity index (χ0n) is 13.3. The van der Waals surface area contributed by atoms with Gasteiger partial charge >= 0.3 is 0 Å². The van der Waals surface area contributed by atoms with E-state index in [1.165, 1.54) is 37.0 Å². The predicted molar refractivity (Wildman–Crippen MR) is 93.8 cm³/mol. The lowest BCUT2D eigenvalue weighted by Gasteiger charge is -2.22. The number of hydrogen-bond acceptors (Lipinski definition) is 5. The molecule has 118 valence electrons. The summed E-state index contributed by atoms with van der Waals surface area (Å²) in [6.07, 6.45) is 7.37. The number of hydrogen-bond donors (Lipinski definition) is 1. The highest BCUT2D eigenvalue weighted by Gasteiger charge is 2.25. The van der Waals surface area contributed by atoms with Gasteiger partial charge in [-0.1, -0.05) is 12.8 Å². The molecule has 4 nitrogen and oxygen atoms in total. The Kier molecular flexibility index (Phi) is 5.43. The molecule has 0 unspecified atom stereocenters. The number of amides is 1. The molecular formula is C15H25N3OS2. The Morgan fingerprint density at radius 2 is 1.95 bits per heavy atom. The maximum atomic E-state index is 12.2. The van der Waals surface area contributed by atoms with Gasteiger partial charge in [0.2, 0.25) is 0 Å². The molecule has 0 bridgehead atoms. The maximum Gasteiger partial charge on any atom is 0.265 e. The van der Waals surface area contributed by atoms with Crippen molar-refractivity contribution in [2.45, 2.75) is 30.6 Å². The van der Waals surface area contributed by atoms with Crippen LogP contribution < -0.4 is 10.6 Å². The van der Waals surface area contributed by atoms with Crippen molar-refractivity contribution in [1.82, 2.24) is 4.90 Å². The first-order valence-electron chi connectivity index (χ1n) is 7.34. The minimum Gasteiger partial charge on any atom is -0.396 e. The van der Waals surface area contributed by atoms with Crippen LogP contribution in [0.4, 0.5) is 10.7 Å². The fraction of sp³-hybridized carbons (Fsp3) is 0.667. The largest absolute Gasteiger partial charge is 0.396 e. The third kappa shape index (κ3) is 3.48. The van der Waals surface area contributed by atoms with E-state index in [9.17, 15) is 4.79 Å². The van der Waals surface area contributed by atoms with Crippen LogP contribution >= 0.6 is 23.1 Å². The molecule has 1 aliphatic carbocycles. The average molecular weight is 328 g/mol. The third-order valence-electron chi connectivity index (χ3n) is 4.04. The summed E-state index contributed by atoms with van der Waals surface area (Å²) < 4.78 is 0. The van der Waals surface area contributed by atoms with E-state index < -0.39 is 0 Å². The lowest BCUT2D eigenvalue weighted by atomic mass is 10.1. The minimum absolute atomic E-state index is 0.00619. The number of anilines is 2. The van der Waals surface area contributed by atoms with Gasteiger partial charge in [-0.2, -0.15) is 0 Å². The fourth-order valence-electron chi connectivity index (χ4n) is 2.89. The molecule has 1 saturated carbocycles. The van der Waals surface area contributed by atoms with Crippen molar-refractivity contribution in [3.63, 3.8) is 0 Å². The summed E-state index contributed by atoms with van der Waals surface area (Å²) >= 11 is 3.16. The lowest BCUT2D eigenvalue weighted by Crippen LogP contribution is -2.23. The van der Waals surface area contributed by atoms with E-state index in [0.717, 1.165) is 22.4 Å². The molecule has 1 heterocycles. The van der Waals surface area contributed by atoms with Gasteiger partial charge in [-0.05, 0) is 25.0 Å². The van der Waals surface area contributed by atoms with Crippen LogP contribution in [0.3, 0.4) is 0 Å². The smallest absolute Gasteiger partial charge is 0.265 e. The van der Waals surface area contributed by atoms with Crippen LogP contribution in [-0.2, 0) is 0 Å². The summed E-state index contributed by atoms with van der Waals surface area (Å²) in [7, 11) is 5.65. The highest BCUT2D eigenvalue weighted by molar-refractivity contribution is 7.99. The van der Waals surface area contributed by atoms with Crippen LogP contribution in [0.5, 0.6) is 0 Å². The molecule has 0 atom stereocenters. The Morgan fingerprint density at radius 3 is 2.48 bits per heavy atom. The van der Waals surface area contributed by atoms with Crippen molar-refractivity contribution in [3.8, 4) is 0 Å². The third-order valence-corrected chi connectivity index (χ3v) is 6.30. The molecule has 1 fully saturated rings. The van der Waals surface area contributed by atoms with Gasteiger partial charge in [-0.15, -0.1) is 23.1 Å². The quantitative estimate of drug-likeness (QED) is 0.842. The number of nitrogens with zero attached hydrogens (tertiary/aromatic N) is 2. The molecule has 0 radical (unpaired) electrons. The van der Waals surface area contributed by atoms with E-state index in [1.54, 1.807) is 30.8 Å². The van der Waals surface area contributed by atoms with Crippen molar-refractivity contribution >= 4 is 39.7 Å². The summed E-state index contributed by atoms with van der Waals surface area (Å²) in [4.78, 5) is 17.8. The summed E-state index contributed by atoms with van der Waals surface area (Å²) in [5.41, 5.74) is 6.85. The van der Waals surface area contributed by atoms with Crippen LogP contribution in [0.25, 0.3) is 0 Å². The van der Waals surface area contributed by atoms with Gasteiger partial charge in [0.1, 0.15) is 9.88 Å². The molecule has 0 spiro atoms. The van der Waals surface area contributed by atoms with Crippen LogP contribution in [0.2, 0.25) is 0 Å². The molecule has 0 aliphatic heterocycles. The Labute approximate surface area is 135 Å². The van der Waals surface area contributed by atoms with Crippen LogP contribution in [0.1, 0.15) is 35.4 Å². The molecule has 2 rings (SSSR count). The number of carbonyl (C=O) groups is 1. The van der Waals surface area contributed by atoms with Crippen molar-refractivity contribution < 1.29 is 4.79 Å². The molecule has 6 heteroatoms. The van der Waals surface area contributed by atoms with E-state index in [4.69, 9.17) is 5.73 Å². The normalized spacial score (nSPS) is 15.4. The summed E-state index contributed by atoms with van der Waals surface area (Å²) in [5.74, 6) is 0.773. The molecular weight excluding hydrogens is 302 g/mol. The van der Waals surface area contributed by atoms with Gasteiger partial charge in [-0.3, -0.25) is 4.79 Å². The van der Waals surface area contributed by atoms with E-state index in [2.05, 4.69) is 11.9 Å². The first kappa shape index (κ1) is 16.5. The van der Waals surface area contributed by atoms with E-state index in [0.29, 0.717) is 10.6 Å². The second kappa shape index (κ2) is 6.92. The summed E-state index contributed by atoms with van der Waals surface area (Å²) in [6, 6.07) is 0. The molecule has 0 saturated heterocycles. The Balaban J connectivity index is 2.25. The van der Waals surface area contributed by atoms with E-state index in [-0.39, 0.29) is 5.91 Å². The molecule has 1 aliphatic rings.